The lowest BCUT2D eigenvalue weighted by Gasteiger charge is -1.90. The van der Waals surface area contributed by atoms with Crippen molar-refractivity contribution in [3.63, 3.8) is 0 Å². The van der Waals surface area contributed by atoms with Crippen molar-refractivity contribution in [2.75, 3.05) is 0 Å². The van der Waals surface area contributed by atoms with E-state index in [0.29, 0.717) is 5.56 Å². The summed E-state index contributed by atoms with van der Waals surface area (Å²) in [6.07, 6.45) is 1.97. The van der Waals surface area contributed by atoms with Gasteiger partial charge in [-0.3, -0.25) is 4.79 Å². The molecule has 0 aliphatic heterocycles. The number of aldehydes is 1. The Hall–Kier alpha value is -1.88. The molecule has 0 heterocycles. The summed E-state index contributed by atoms with van der Waals surface area (Å²) >= 11 is 0. The maximum atomic E-state index is 10.3. The second-order valence-electron chi connectivity index (χ2n) is 2.18. The van der Waals surface area contributed by atoms with Crippen LogP contribution in [0.1, 0.15) is 12.5 Å². The molecule has 0 atom stereocenters. The smallest absolute Gasteiger partial charge is 0.142 e. The monoisotopic (exact) mass is 158 g/mol. The van der Waals surface area contributed by atoms with Crippen LogP contribution in [0.5, 0.6) is 0 Å². The lowest BCUT2D eigenvalue weighted by molar-refractivity contribution is -0.104. The number of rotatable bonds is 2. The van der Waals surface area contributed by atoms with Crippen molar-refractivity contribution in [2.24, 2.45) is 0 Å². The number of allylic oxidation sites excluding steroid dienone is 1. The standard InChI is InChI=1S/C10H7NO/c11-8-10-5-3-9(4-6-10)2-1-7-12/h1-7H/b2-1+/i7D. The first-order valence-electron chi connectivity index (χ1n) is 3.91. The molecule has 1 rings (SSSR count). The van der Waals surface area contributed by atoms with Crippen LogP contribution in [0.2, 0.25) is 0 Å². The molecule has 0 spiro atoms. The number of nitriles is 1. The molecule has 0 saturated carbocycles. The summed E-state index contributed by atoms with van der Waals surface area (Å²) in [6.45, 7) is 0. The molecule has 0 radical (unpaired) electrons. The zero-order valence-corrected chi connectivity index (χ0v) is 6.32. The van der Waals surface area contributed by atoms with Crippen molar-refractivity contribution < 1.29 is 6.17 Å². The molecule has 0 bridgehead atoms. The van der Waals surface area contributed by atoms with E-state index in [-0.39, 0.29) is 0 Å². The van der Waals surface area contributed by atoms with Crippen LogP contribution in [-0.4, -0.2) is 6.26 Å². The Morgan fingerprint density at radius 2 is 2.08 bits per heavy atom. The van der Waals surface area contributed by atoms with Crippen LogP contribution in [0.4, 0.5) is 0 Å². The molecule has 0 unspecified atom stereocenters. The summed E-state index contributed by atoms with van der Waals surface area (Å²) < 4.78 is 6.63. The predicted octanol–water partition coefficient (Wildman–Crippen LogP) is 1.77. The van der Waals surface area contributed by atoms with Crippen molar-refractivity contribution in [3.8, 4) is 6.07 Å². The molecule has 0 N–H and O–H groups in total. The van der Waals surface area contributed by atoms with Crippen LogP contribution in [0.25, 0.3) is 6.08 Å². The third kappa shape index (κ3) is 2.06. The van der Waals surface area contributed by atoms with Crippen LogP contribution in [0, 0.1) is 11.3 Å². The molecule has 58 valence electrons. The lowest BCUT2D eigenvalue weighted by Crippen LogP contribution is -1.74. The van der Waals surface area contributed by atoms with E-state index in [1.165, 1.54) is 12.2 Å². The summed E-state index contributed by atoms with van der Waals surface area (Å²) in [5.74, 6) is 0. The predicted molar refractivity (Wildman–Crippen MR) is 46.3 cm³/mol. The number of carbonyl (C=O) groups is 1. The first kappa shape index (κ1) is 6.81. The highest BCUT2D eigenvalue weighted by Crippen LogP contribution is 2.04. The Labute approximate surface area is 72.2 Å². The second kappa shape index (κ2) is 4.09. The fourth-order valence-corrected chi connectivity index (χ4v) is 0.799. The van der Waals surface area contributed by atoms with Crippen molar-refractivity contribution >= 4 is 12.3 Å². The molecule has 0 aliphatic rings. The maximum absolute atomic E-state index is 10.3. The number of hydrogen-bond donors (Lipinski definition) is 0. The van der Waals surface area contributed by atoms with E-state index in [1.807, 2.05) is 6.07 Å². The van der Waals surface area contributed by atoms with E-state index in [4.69, 9.17) is 6.63 Å². The number of nitrogens with zero attached hydrogens (tertiary/aromatic N) is 1. The molecule has 0 saturated heterocycles. The van der Waals surface area contributed by atoms with Gasteiger partial charge in [-0.05, 0) is 23.8 Å². The molecule has 2 heteroatoms. The van der Waals surface area contributed by atoms with Gasteiger partial charge in [0, 0.05) is 0 Å². The van der Waals surface area contributed by atoms with Crippen LogP contribution in [-0.2, 0) is 4.79 Å². The molecular weight excluding hydrogens is 150 g/mol. The van der Waals surface area contributed by atoms with Crippen LogP contribution >= 0.6 is 0 Å². The largest absolute Gasteiger partial charge is 0.299 e. The average molecular weight is 158 g/mol. The van der Waals surface area contributed by atoms with Gasteiger partial charge in [0.15, 0.2) is 0 Å². The van der Waals surface area contributed by atoms with Gasteiger partial charge in [0.25, 0.3) is 0 Å². The maximum Gasteiger partial charge on any atom is 0.142 e. The summed E-state index contributed by atoms with van der Waals surface area (Å²) in [5, 5.41) is 8.49. The minimum Gasteiger partial charge on any atom is -0.299 e. The minimum absolute atomic E-state index is 0.578. The minimum atomic E-state index is -0.732. The Kier molecular flexibility index (Phi) is 2.32. The zero-order chi connectivity index (χ0) is 9.68. The van der Waals surface area contributed by atoms with E-state index in [0.717, 1.165) is 5.56 Å². The Bertz CT molecular complexity index is 373. The van der Waals surface area contributed by atoms with Crippen LogP contribution in [0.15, 0.2) is 30.3 Å². The van der Waals surface area contributed by atoms with Gasteiger partial charge < -0.3 is 0 Å². The SMILES string of the molecule is [2H]C(=O)/C=C/c1ccc(C#N)cc1. The Morgan fingerprint density at radius 3 is 2.58 bits per heavy atom. The van der Waals surface area contributed by atoms with Gasteiger partial charge in [-0.25, -0.2) is 0 Å². The molecule has 0 amide bonds. The van der Waals surface area contributed by atoms with Crippen molar-refractivity contribution in [1.82, 2.24) is 0 Å². The molecule has 12 heavy (non-hydrogen) atoms. The van der Waals surface area contributed by atoms with E-state index in [9.17, 15) is 4.79 Å². The molecular formula is C10H7NO. The van der Waals surface area contributed by atoms with Crippen LogP contribution in [0.3, 0.4) is 0 Å². The van der Waals surface area contributed by atoms with Gasteiger partial charge in [0.1, 0.15) is 7.63 Å². The van der Waals surface area contributed by atoms with Crippen molar-refractivity contribution in [2.45, 2.75) is 0 Å². The van der Waals surface area contributed by atoms with Crippen LogP contribution < -0.4 is 0 Å². The van der Waals surface area contributed by atoms with E-state index in [2.05, 4.69) is 0 Å². The lowest BCUT2D eigenvalue weighted by atomic mass is 10.1. The molecule has 0 fully saturated rings. The van der Waals surface area contributed by atoms with Gasteiger partial charge >= 0.3 is 0 Å². The average Bonchev–Trinajstić information content (AvgIpc) is 2.15. The number of benzene rings is 1. The Balaban J connectivity index is 2.82. The van der Waals surface area contributed by atoms with E-state index in [1.54, 1.807) is 24.3 Å². The van der Waals surface area contributed by atoms with E-state index < -0.39 is 6.26 Å². The molecule has 0 aromatic heterocycles. The normalized spacial score (nSPS) is 10.8. The van der Waals surface area contributed by atoms with Gasteiger partial charge in [-0.1, -0.05) is 18.2 Å². The summed E-state index contributed by atoms with van der Waals surface area (Å²) in [6, 6.07) is 8.75. The van der Waals surface area contributed by atoms with Gasteiger partial charge in [0.05, 0.1) is 11.6 Å². The zero-order valence-electron chi connectivity index (χ0n) is 7.32. The summed E-state index contributed by atoms with van der Waals surface area (Å²) in [7, 11) is 0. The third-order valence-corrected chi connectivity index (χ3v) is 1.38. The first-order chi connectivity index (χ1) is 6.22. The highest BCUT2D eigenvalue weighted by Gasteiger charge is 1.87. The molecule has 1 aromatic carbocycles. The van der Waals surface area contributed by atoms with Gasteiger partial charge in [-0.2, -0.15) is 5.26 Å². The second-order valence-corrected chi connectivity index (χ2v) is 2.18. The summed E-state index contributed by atoms with van der Waals surface area (Å²) in [4.78, 5) is 10.3. The van der Waals surface area contributed by atoms with Gasteiger partial charge in [0.2, 0.25) is 0 Å². The van der Waals surface area contributed by atoms with Crippen molar-refractivity contribution in [1.29, 1.82) is 5.26 Å². The number of carbonyl (C=O) groups excluding carboxylic acids is 1. The highest BCUT2D eigenvalue weighted by molar-refractivity contribution is 5.73. The van der Waals surface area contributed by atoms with E-state index >= 15 is 0 Å². The highest BCUT2D eigenvalue weighted by atomic mass is 16.1. The topological polar surface area (TPSA) is 40.9 Å². The third-order valence-electron chi connectivity index (χ3n) is 1.38. The quantitative estimate of drug-likeness (QED) is 0.486. The Morgan fingerprint density at radius 1 is 1.42 bits per heavy atom. The molecule has 2 nitrogen and oxygen atoms in total. The fraction of sp³-hybridized carbons (Fsp3) is 0. The van der Waals surface area contributed by atoms with Crippen molar-refractivity contribution in [3.05, 3.63) is 41.5 Å². The summed E-state index contributed by atoms with van der Waals surface area (Å²) in [5.41, 5.74) is 1.38. The molecule has 1 aromatic rings. The van der Waals surface area contributed by atoms with Gasteiger partial charge in [-0.15, -0.1) is 0 Å². The first-order valence-corrected chi connectivity index (χ1v) is 3.41. The number of hydrogen-bond acceptors (Lipinski definition) is 2. The fourth-order valence-electron chi connectivity index (χ4n) is 0.799. The molecule has 0 aliphatic carbocycles.